The summed E-state index contributed by atoms with van der Waals surface area (Å²) in [6, 6.07) is 0. The van der Waals surface area contributed by atoms with E-state index in [0.29, 0.717) is 12.8 Å². The van der Waals surface area contributed by atoms with Crippen LogP contribution in [0.4, 0.5) is 0 Å². The highest BCUT2D eigenvalue weighted by Crippen LogP contribution is 2.02. The Morgan fingerprint density at radius 2 is 0.962 bits per heavy atom. The van der Waals surface area contributed by atoms with Crippen molar-refractivity contribution in [3.8, 4) is 0 Å². The molecular weight excluding hydrogens is 352 g/mol. The van der Waals surface area contributed by atoms with Crippen LogP contribution in [-0.2, 0) is 38.1 Å². The Kier molecular flexibility index (Phi) is 11.2. The Balaban J connectivity index is 3.86. The molecule has 150 valence electrons. The Labute approximate surface area is 151 Å². The maximum absolute atomic E-state index is 11.6. The van der Waals surface area contributed by atoms with E-state index in [1.165, 1.54) is 27.7 Å². The first-order valence-electron chi connectivity index (χ1n) is 8.16. The molecule has 2 N–H and O–H groups in total. The van der Waals surface area contributed by atoms with Crippen molar-refractivity contribution < 1.29 is 48.3 Å². The van der Waals surface area contributed by atoms with E-state index in [2.05, 4.69) is 9.47 Å². The maximum atomic E-state index is 11.6. The monoisotopic (exact) mass is 378 g/mol. The van der Waals surface area contributed by atoms with Gasteiger partial charge in [0.1, 0.15) is 12.2 Å². The van der Waals surface area contributed by atoms with E-state index in [0.717, 1.165) is 0 Å². The van der Waals surface area contributed by atoms with E-state index < -0.39 is 48.3 Å². The minimum atomic E-state index is -1.33. The van der Waals surface area contributed by atoms with Gasteiger partial charge in [-0.05, 0) is 40.5 Å². The second-order valence-electron chi connectivity index (χ2n) is 5.55. The van der Waals surface area contributed by atoms with Crippen molar-refractivity contribution in [2.24, 2.45) is 0 Å². The number of aliphatic hydroxyl groups is 2. The number of esters is 4. The molecule has 0 rings (SSSR count). The highest BCUT2D eigenvalue weighted by atomic mass is 16.6. The Morgan fingerprint density at radius 1 is 0.654 bits per heavy atom. The van der Waals surface area contributed by atoms with Crippen LogP contribution in [0.15, 0.2) is 0 Å². The molecule has 10 heteroatoms. The summed E-state index contributed by atoms with van der Waals surface area (Å²) >= 11 is 0. The van der Waals surface area contributed by atoms with Gasteiger partial charge in [0, 0.05) is 0 Å². The second-order valence-corrected chi connectivity index (χ2v) is 5.55. The van der Waals surface area contributed by atoms with Gasteiger partial charge in [0.05, 0.1) is 13.2 Å². The molecule has 10 nitrogen and oxygen atoms in total. The molecule has 0 radical (unpaired) electrons. The van der Waals surface area contributed by atoms with Crippen molar-refractivity contribution in [3.63, 3.8) is 0 Å². The normalized spacial score (nSPS) is 15.2. The summed E-state index contributed by atoms with van der Waals surface area (Å²) in [5.41, 5.74) is 0. The van der Waals surface area contributed by atoms with E-state index in [1.807, 2.05) is 0 Å². The van der Waals surface area contributed by atoms with Gasteiger partial charge in [-0.2, -0.15) is 0 Å². The minimum Gasteiger partial charge on any atom is -0.463 e. The number of hydrogen-bond donors (Lipinski definition) is 2. The van der Waals surface area contributed by atoms with Gasteiger partial charge in [0.15, 0.2) is 12.2 Å². The molecule has 0 aromatic rings. The van der Waals surface area contributed by atoms with Gasteiger partial charge < -0.3 is 29.2 Å². The lowest BCUT2D eigenvalue weighted by atomic mass is 10.3. The van der Waals surface area contributed by atoms with Crippen LogP contribution in [0, 0.1) is 0 Å². The molecule has 0 bridgehead atoms. The fourth-order valence-corrected chi connectivity index (χ4v) is 1.43. The molecule has 0 aromatic heterocycles. The molecule has 0 heterocycles. The molecule has 0 fully saturated rings. The standard InChI is InChI=1S/C16H26O10/c1-9(17)13(19)25-11(3)15(21)23-7-5-6-8-24-16(22)12(4)26-14(20)10(2)18/h9-12,17-18H,5-8H2,1-4H3. The molecular formula is C16H26O10. The Bertz CT molecular complexity index is 441. The largest absolute Gasteiger partial charge is 0.463 e. The molecule has 0 aromatic carbocycles. The lowest BCUT2D eigenvalue weighted by Gasteiger charge is -2.14. The van der Waals surface area contributed by atoms with Crippen LogP contribution < -0.4 is 0 Å². The van der Waals surface area contributed by atoms with E-state index in [1.54, 1.807) is 0 Å². The fraction of sp³-hybridized carbons (Fsp3) is 0.750. The first-order chi connectivity index (χ1) is 12.1. The lowest BCUT2D eigenvalue weighted by molar-refractivity contribution is -0.172. The van der Waals surface area contributed by atoms with Gasteiger partial charge in [0.2, 0.25) is 0 Å². The predicted octanol–water partition coefficient (Wildman–Crippen LogP) is -0.522. The number of carbonyl (C=O) groups excluding carboxylic acids is 4. The van der Waals surface area contributed by atoms with Crippen LogP contribution in [0.1, 0.15) is 40.5 Å². The quantitative estimate of drug-likeness (QED) is 0.273. The molecule has 4 unspecified atom stereocenters. The summed E-state index contributed by atoms with van der Waals surface area (Å²) < 4.78 is 19.1. The molecule has 0 aliphatic rings. The number of carbonyl (C=O) groups is 4. The lowest BCUT2D eigenvalue weighted by Crippen LogP contribution is -2.31. The number of rotatable bonds is 11. The molecule has 4 atom stereocenters. The SMILES string of the molecule is CC(O)C(=O)OC(C)C(=O)OCCCCOC(=O)C(C)OC(=O)C(C)O. The second kappa shape index (κ2) is 12.2. The minimum absolute atomic E-state index is 0.0273. The third-order valence-corrected chi connectivity index (χ3v) is 2.96. The van der Waals surface area contributed by atoms with Crippen molar-refractivity contribution in [2.45, 2.75) is 65.0 Å². The maximum Gasteiger partial charge on any atom is 0.347 e. The molecule has 26 heavy (non-hydrogen) atoms. The molecule has 0 aliphatic heterocycles. The summed E-state index contributed by atoms with van der Waals surface area (Å²) in [5.74, 6) is -3.36. The van der Waals surface area contributed by atoms with Gasteiger partial charge >= 0.3 is 23.9 Å². The predicted molar refractivity (Wildman–Crippen MR) is 85.6 cm³/mol. The van der Waals surface area contributed by atoms with Crippen molar-refractivity contribution in [2.75, 3.05) is 13.2 Å². The third-order valence-electron chi connectivity index (χ3n) is 2.96. The number of hydrogen-bond acceptors (Lipinski definition) is 10. The van der Waals surface area contributed by atoms with E-state index in [-0.39, 0.29) is 13.2 Å². The summed E-state index contributed by atoms with van der Waals surface area (Å²) in [5, 5.41) is 18.0. The number of unbranched alkanes of at least 4 members (excludes halogenated alkanes) is 1. The molecule has 0 spiro atoms. The van der Waals surface area contributed by atoms with Crippen LogP contribution in [0.25, 0.3) is 0 Å². The van der Waals surface area contributed by atoms with Gasteiger partial charge in [-0.15, -0.1) is 0 Å². The molecule has 0 amide bonds. The van der Waals surface area contributed by atoms with Crippen molar-refractivity contribution in [1.29, 1.82) is 0 Å². The van der Waals surface area contributed by atoms with Gasteiger partial charge in [-0.3, -0.25) is 0 Å². The van der Waals surface area contributed by atoms with Crippen molar-refractivity contribution >= 4 is 23.9 Å². The summed E-state index contributed by atoms with van der Waals surface area (Å²) in [6.45, 7) is 5.13. The van der Waals surface area contributed by atoms with Crippen LogP contribution in [0.3, 0.4) is 0 Å². The zero-order valence-electron chi connectivity index (χ0n) is 15.3. The first-order valence-corrected chi connectivity index (χ1v) is 8.16. The van der Waals surface area contributed by atoms with Gasteiger partial charge in [-0.25, -0.2) is 19.2 Å². The van der Waals surface area contributed by atoms with Crippen LogP contribution >= 0.6 is 0 Å². The van der Waals surface area contributed by atoms with E-state index >= 15 is 0 Å². The first kappa shape index (κ1) is 23.8. The van der Waals surface area contributed by atoms with Gasteiger partial charge in [0.25, 0.3) is 0 Å². The zero-order chi connectivity index (χ0) is 20.3. The summed E-state index contributed by atoms with van der Waals surface area (Å²) in [7, 11) is 0. The topological polar surface area (TPSA) is 146 Å². The Morgan fingerprint density at radius 3 is 1.23 bits per heavy atom. The molecule has 0 saturated heterocycles. The van der Waals surface area contributed by atoms with Crippen molar-refractivity contribution in [1.82, 2.24) is 0 Å². The number of ether oxygens (including phenoxy) is 4. The van der Waals surface area contributed by atoms with E-state index in [9.17, 15) is 19.2 Å². The third kappa shape index (κ3) is 9.94. The fourth-order valence-electron chi connectivity index (χ4n) is 1.43. The summed E-state index contributed by atoms with van der Waals surface area (Å²) in [4.78, 5) is 45.4. The average Bonchev–Trinajstić information content (AvgIpc) is 2.56. The molecule has 0 aliphatic carbocycles. The highest BCUT2D eigenvalue weighted by molar-refractivity contribution is 5.81. The smallest absolute Gasteiger partial charge is 0.347 e. The average molecular weight is 378 g/mol. The van der Waals surface area contributed by atoms with Crippen LogP contribution in [0.5, 0.6) is 0 Å². The zero-order valence-corrected chi connectivity index (χ0v) is 15.3. The van der Waals surface area contributed by atoms with Gasteiger partial charge in [-0.1, -0.05) is 0 Å². The van der Waals surface area contributed by atoms with Crippen LogP contribution in [-0.4, -0.2) is 71.7 Å². The van der Waals surface area contributed by atoms with E-state index in [4.69, 9.17) is 19.7 Å². The number of aliphatic hydroxyl groups excluding tert-OH is 2. The highest BCUT2D eigenvalue weighted by Gasteiger charge is 2.22. The molecule has 0 saturated carbocycles. The Hall–Kier alpha value is -2.20. The van der Waals surface area contributed by atoms with Crippen molar-refractivity contribution in [3.05, 3.63) is 0 Å². The summed E-state index contributed by atoms with van der Waals surface area (Å²) in [6.07, 6.45) is -4.17. The van der Waals surface area contributed by atoms with Crippen LogP contribution in [0.2, 0.25) is 0 Å².